The molecule has 0 bridgehead atoms. The number of hydrogen-bond acceptors (Lipinski definition) is 3. The Morgan fingerprint density at radius 3 is 2.33 bits per heavy atom. The van der Waals surface area contributed by atoms with Crippen LogP contribution in [0.1, 0.15) is 6.92 Å². The standard InChI is InChI=1S/C11H13FN2O3S/c1-9(15)13-6-7-14(8-13)18(16,17)11-4-2-10(12)3-5-11/h2-5H,6-8H2,1H3. The van der Waals surface area contributed by atoms with E-state index < -0.39 is 15.8 Å². The van der Waals surface area contributed by atoms with Crippen molar-refractivity contribution in [2.45, 2.75) is 11.8 Å². The van der Waals surface area contributed by atoms with E-state index in [1.807, 2.05) is 0 Å². The van der Waals surface area contributed by atoms with Gasteiger partial charge in [-0.1, -0.05) is 0 Å². The summed E-state index contributed by atoms with van der Waals surface area (Å²) in [6, 6.07) is 4.65. The maximum absolute atomic E-state index is 12.8. The summed E-state index contributed by atoms with van der Waals surface area (Å²) in [5, 5.41) is 0. The van der Waals surface area contributed by atoms with Crippen molar-refractivity contribution in [1.82, 2.24) is 9.21 Å². The zero-order valence-corrected chi connectivity index (χ0v) is 10.7. The highest BCUT2D eigenvalue weighted by Gasteiger charge is 2.32. The summed E-state index contributed by atoms with van der Waals surface area (Å²) in [5.74, 6) is -0.646. The van der Waals surface area contributed by atoms with Gasteiger partial charge in [-0.25, -0.2) is 12.8 Å². The van der Waals surface area contributed by atoms with Crippen LogP contribution < -0.4 is 0 Å². The van der Waals surface area contributed by atoms with E-state index in [1.165, 1.54) is 28.3 Å². The second-order valence-corrected chi connectivity index (χ2v) is 6.00. The molecule has 1 saturated heterocycles. The van der Waals surface area contributed by atoms with Crippen LogP contribution in [0.15, 0.2) is 29.2 Å². The summed E-state index contributed by atoms with van der Waals surface area (Å²) in [6.45, 7) is 2.10. The molecule has 0 atom stereocenters. The van der Waals surface area contributed by atoms with Gasteiger partial charge in [0.2, 0.25) is 15.9 Å². The van der Waals surface area contributed by atoms with Crippen molar-refractivity contribution in [3.63, 3.8) is 0 Å². The number of amides is 1. The van der Waals surface area contributed by atoms with Gasteiger partial charge in [0.15, 0.2) is 0 Å². The van der Waals surface area contributed by atoms with Gasteiger partial charge in [-0.2, -0.15) is 4.31 Å². The van der Waals surface area contributed by atoms with E-state index in [0.717, 1.165) is 12.1 Å². The third-order valence-corrected chi connectivity index (χ3v) is 4.69. The number of sulfonamides is 1. The number of halogens is 1. The fourth-order valence-electron chi connectivity index (χ4n) is 1.77. The van der Waals surface area contributed by atoms with Crippen LogP contribution in [0, 0.1) is 5.82 Å². The number of carbonyl (C=O) groups is 1. The van der Waals surface area contributed by atoms with Crippen LogP contribution in [-0.4, -0.2) is 43.3 Å². The van der Waals surface area contributed by atoms with Crippen LogP contribution in [0.25, 0.3) is 0 Å². The SMILES string of the molecule is CC(=O)N1CCN(S(=O)(=O)c2ccc(F)cc2)C1. The van der Waals surface area contributed by atoms with E-state index in [9.17, 15) is 17.6 Å². The van der Waals surface area contributed by atoms with Gasteiger partial charge in [0.1, 0.15) is 5.82 Å². The Labute approximate surface area is 105 Å². The van der Waals surface area contributed by atoms with Crippen LogP contribution in [0.2, 0.25) is 0 Å². The van der Waals surface area contributed by atoms with Crippen molar-refractivity contribution in [3.05, 3.63) is 30.1 Å². The summed E-state index contributed by atoms with van der Waals surface area (Å²) in [5.41, 5.74) is 0. The number of benzene rings is 1. The molecule has 5 nitrogen and oxygen atoms in total. The predicted molar refractivity (Wildman–Crippen MR) is 62.5 cm³/mol. The highest BCUT2D eigenvalue weighted by atomic mass is 32.2. The second-order valence-electron chi connectivity index (χ2n) is 4.06. The van der Waals surface area contributed by atoms with E-state index in [-0.39, 0.29) is 24.0 Å². The third-order valence-electron chi connectivity index (χ3n) is 2.84. The molecule has 0 unspecified atom stereocenters. The molecule has 1 aliphatic rings. The zero-order chi connectivity index (χ0) is 13.3. The molecule has 0 radical (unpaired) electrons. The zero-order valence-electron chi connectivity index (χ0n) is 9.84. The van der Waals surface area contributed by atoms with Gasteiger partial charge >= 0.3 is 0 Å². The molecule has 0 spiro atoms. The van der Waals surface area contributed by atoms with E-state index in [1.54, 1.807) is 0 Å². The normalized spacial score (nSPS) is 17.1. The topological polar surface area (TPSA) is 57.7 Å². The van der Waals surface area contributed by atoms with Gasteiger partial charge in [-0.05, 0) is 24.3 Å². The van der Waals surface area contributed by atoms with E-state index >= 15 is 0 Å². The number of carbonyl (C=O) groups excluding carboxylic acids is 1. The van der Waals surface area contributed by atoms with Gasteiger partial charge < -0.3 is 4.90 Å². The Morgan fingerprint density at radius 2 is 1.83 bits per heavy atom. The molecule has 0 aromatic heterocycles. The Balaban J connectivity index is 2.22. The summed E-state index contributed by atoms with van der Waals surface area (Å²) < 4.78 is 38.3. The van der Waals surface area contributed by atoms with Crippen LogP contribution in [-0.2, 0) is 14.8 Å². The maximum atomic E-state index is 12.8. The summed E-state index contributed by atoms with van der Waals surface area (Å²) in [4.78, 5) is 12.6. The lowest BCUT2D eigenvalue weighted by atomic mass is 10.4. The molecular weight excluding hydrogens is 259 g/mol. The first-order chi connectivity index (χ1) is 8.41. The largest absolute Gasteiger partial charge is 0.328 e. The monoisotopic (exact) mass is 272 g/mol. The number of nitrogens with zero attached hydrogens (tertiary/aromatic N) is 2. The molecule has 1 fully saturated rings. The van der Waals surface area contributed by atoms with Crippen LogP contribution in [0.5, 0.6) is 0 Å². The molecule has 98 valence electrons. The Morgan fingerprint density at radius 1 is 1.22 bits per heavy atom. The second kappa shape index (κ2) is 4.66. The van der Waals surface area contributed by atoms with Crippen molar-refractivity contribution in [2.24, 2.45) is 0 Å². The molecule has 0 aliphatic carbocycles. The van der Waals surface area contributed by atoms with Gasteiger partial charge in [0.05, 0.1) is 11.6 Å². The minimum Gasteiger partial charge on any atom is -0.328 e. The molecule has 1 aromatic carbocycles. The smallest absolute Gasteiger partial charge is 0.244 e. The first kappa shape index (κ1) is 13.0. The summed E-state index contributed by atoms with van der Waals surface area (Å²) in [6.07, 6.45) is 0. The molecule has 1 aromatic rings. The highest BCUT2D eigenvalue weighted by Crippen LogP contribution is 2.19. The quantitative estimate of drug-likeness (QED) is 0.793. The van der Waals surface area contributed by atoms with E-state index in [4.69, 9.17) is 0 Å². The van der Waals surface area contributed by atoms with Crippen molar-refractivity contribution in [2.75, 3.05) is 19.8 Å². The molecule has 18 heavy (non-hydrogen) atoms. The van der Waals surface area contributed by atoms with Crippen molar-refractivity contribution in [1.29, 1.82) is 0 Å². The first-order valence-electron chi connectivity index (χ1n) is 5.42. The number of rotatable bonds is 2. The summed E-state index contributed by atoms with van der Waals surface area (Å²) in [7, 11) is -3.65. The minimum absolute atomic E-state index is 0.0364. The first-order valence-corrected chi connectivity index (χ1v) is 6.86. The van der Waals surface area contributed by atoms with E-state index in [2.05, 4.69) is 0 Å². The molecule has 7 heteroatoms. The Hall–Kier alpha value is -1.47. The van der Waals surface area contributed by atoms with Gasteiger partial charge in [0.25, 0.3) is 0 Å². The van der Waals surface area contributed by atoms with Crippen molar-refractivity contribution in [3.8, 4) is 0 Å². The Bertz CT molecular complexity index is 556. The third kappa shape index (κ3) is 2.37. The highest BCUT2D eigenvalue weighted by molar-refractivity contribution is 7.89. The molecule has 1 heterocycles. The lowest BCUT2D eigenvalue weighted by molar-refractivity contribution is -0.128. The molecule has 0 N–H and O–H groups in total. The maximum Gasteiger partial charge on any atom is 0.244 e. The Kier molecular flexibility index (Phi) is 3.36. The van der Waals surface area contributed by atoms with E-state index in [0.29, 0.717) is 6.54 Å². The molecule has 1 amide bonds. The van der Waals surface area contributed by atoms with Crippen LogP contribution >= 0.6 is 0 Å². The van der Waals surface area contributed by atoms with Gasteiger partial charge in [-0.15, -0.1) is 0 Å². The fourth-order valence-corrected chi connectivity index (χ4v) is 3.16. The average molecular weight is 272 g/mol. The predicted octanol–water partition coefficient (Wildman–Crippen LogP) is 0.636. The molecular formula is C11H13FN2O3S. The average Bonchev–Trinajstić information content (AvgIpc) is 2.79. The fraction of sp³-hybridized carbons (Fsp3) is 0.364. The lowest BCUT2D eigenvalue weighted by Gasteiger charge is -2.17. The van der Waals surface area contributed by atoms with Gasteiger partial charge in [-0.3, -0.25) is 4.79 Å². The van der Waals surface area contributed by atoms with Gasteiger partial charge in [0, 0.05) is 20.0 Å². The van der Waals surface area contributed by atoms with Crippen LogP contribution in [0.4, 0.5) is 4.39 Å². The van der Waals surface area contributed by atoms with Crippen molar-refractivity contribution >= 4 is 15.9 Å². The lowest BCUT2D eigenvalue weighted by Crippen LogP contribution is -2.32. The molecule has 1 aliphatic heterocycles. The minimum atomic E-state index is -3.65. The van der Waals surface area contributed by atoms with Crippen LogP contribution in [0.3, 0.4) is 0 Å². The summed E-state index contributed by atoms with van der Waals surface area (Å²) >= 11 is 0. The van der Waals surface area contributed by atoms with Crippen molar-refractivity contribution < 1.29 is 17.6 Å². The molecule has 2 rings (SSSR count). The number of hydrogen-bond donors (Lipinski definition) is 0. The molecule has 0 saturated carbocycles.